The number of rotatable bonds is 11. The number of hydrogen-bond donors (Lipinski definition) is 1. The number of esters is 3. The summed E-state index contributed by atoms with van der Waals surface area (Å²) in [5, 5.41) is 9.92. The molecule has 5 rings (SSSR count). The molecule has 2 fully saturated rings. The van der Waals surface area contributed by atoms with Crippen molar-refractivity contribution in [2.24, 2.45) is 11.8 Å². The van der Waals surface area contributed by atoms with Crippen LogP contribution in [0.15, 0.2) is 71.3 Å². The van der Waals surface area contributed by atoms with Crippen LogP contribution in [0.3, 0.4) is 0 Å². The molecule has 2 saturated heterocycles. The highest BCUT2D eigenvalue weighted by Crippen LogP contribution is 2.52. The first-order chi connectivity index (χ1) is 23.4. The van der Waals surface area contributed by atoms with Gasteiger partial charge in [0.15, 0.2) is 0 Å². The summed E-state index contributed by atoms with van der Waals surface area (Å²) in [6.45, 7) is 1.99. The summed E-state index contributed by atoms with van der Waals surface area (Å²) < 4.78 is 20.7. The number of thioether (sulfide) groups is 1. The molecule has 3 amide bonds. The number of carbonyl (C=O) groups is 6. The van der Waals surface area contributed by atoms with Crippen LogP contribution in [-0.2, 0) is 33.3 Å². The Balaban J connectivity index is 1.30. The van der Waals surface area contributed by atoms with Crippen LogP contribution in [-0.4, -0.2) is 113 Å². The lowest BCUT2D eigenvalue weighted by atomic mass is 9.79. The lowest BCUT2D eigenvalue weighted by Gasteiger charge is -2.46. The van der Waals surface area contributed by atoms with Crippen LogP contribution in [0.25, 0.3) is 0 Å². The SMILES string of the molecule is C[C@@H](O)[C@H]1C(=O)N2C(C(=O)OCOC(=O)c3ccccc3)=C(S[C@H]3C[C@@H](C(=O)N(C)C)N(C(=O)OCOC(=O)c4ccccc4)C3)[C@H](C)[C@H]12. The van der Waals surface area contributed by atoms with Gasteiger partial charge in [-0.3, -0.25) is 14.5 Å². The van der Waals surface area contributed by atoms with Gasteiger partial charge in [-0.2, -0.15) is 0 Å². The smallest absolute Gasteiger partial charge is 0.413 e. The van der Waals surface area contributed by atoms with Crippen molar-refractivity contribution in [3.05, 3.63) is 82.4 Å². The number of β-lactam (4-membered cyclic amide) rings is 1. The van der Waals surface area contributed by atoms with Crippen molar-refractivity contribution in [3.63, 3.8) is 0 Å². The molecule has 0 aliphatic carbocycles. The van der Waals surface area contributed by atoms with Crippen molar-refractivity contribution in [1.29, 1.82) is 0 Å². The first-order valence-corrected chi connectivity index (χ1v) is 16.5. The van der Waals surface area contributed by atoms with Crippen molar-refractivity contribution in [2.75, 3.05) is 34.2 Å². The number of amides is 3. The van der Waals surface area contributed by atoms with Gasteiger partial charge in [0.25, 0.3) is 0 Å². The average Bonchev–Trinajstić information content (AvgIpc) is 3.61. The molecule has 2 aromatic carbocycles. The zero-order valence-corrected chi connectivity index (χ0v) is 28.2. The Morgan fingerprint density at radius 3 is 1.94 bits per heavy atom. The highest BCUT2D eigenvalue weighted by atomic mass is 32.2. The van der Waals surface area contributed by atoms with E-state index in [4.69, 9.17) is 18.9 Å². The fraction of sp³-hybridized carbons (Fsp3) is 0.412. The van der Waals surface area contributed by atoms with Crippen LogP contribution in [0.2, 0.25) is 0 Å². The number of likely N-dealkylation sites (N-methyl/N-ethyl adjacent to an activating group) is 1. The van der Waals surface area contributed by atoms with Gasteiger partial charge in [0.2, 0.25) is 25.4 Å². The number of hydrogen-bond acceptors (Lipinski definition) is 12. The number of benzene rings is 2. The predicted octanol–water partition coefficient (Wildman–Crippen LogP) is 2.63. The van der Waals surface area contributed by atoms with E-state index in [1.165, 1.54) is 33.4 Å². The second-order valence-electron chi connectivity index (χ2n) is 12.0. The Kier molecular flexibility index (Phi) is 10.9. The van der Waals surface area contributed by atoms with E-state index in [2.05, 4.69) is 0 Å². The molecule has 14 nitrogen and oxygen atoms in total. The summed E-state index contributed by atoms with van der Waals surface area (Å²) >= 11 is 1.23. The molecule has 1 N–H and O–H groups in total. The Bertz CT molecular complexity index is 1630. The van der Waals surface area contributed by atoms with Gasteiger partial charge in [-0.15, -0.1) is 11.8 Å². The highest BCUT2D eigenvalue weighted by molar-refractivity contribution is 8.03. The first-order valence-electron chi connectivity index (χ1n) is 15.6. The van der Waals surface area contributed by atoms with Gasteiger partial charge in [-0.1, -0.05) is 43.3 Å². The second kappa shape index (κ2) is 15.1. The van der Waals surface area contributed by atoms with Gasteiger partial charge in [0.1, 0.15) is 11.7 Å². The molecule has 3 heterocycles. The van der Waals surface area contributed by atoms with E-state index >= 15 is 0 Å². The third-order valence-electron chi connectivity index (χ3n) is 8.59. The number of fused-ring (bicyclic) bond motifs is 1. The van der Waals surface area contributed by atoms with Gasteiger partial charge in [-0.05, 0) is 37.6 Å². The maximum absolute atomic E-state index is 13.5. The van der Waals surface area contributed by atoms with Crippen LogP contribution < -0.4 is 0 Å². The fourth-order valence-corrected chi connectivity index (χ4v) is 7.72. The van der Waals surface area contributed by atoms with E-state index in [0.29, 0.717) is 4.91 Å². The summed E-state index contributed by atoms with van der Waals surface area (Å²) in [7, 11) is 3.11. The molecule has 0 spiro atoms. The quantitative estimate of drug-likeness (QED) is 0.208. The van der Waals surface area contributed by atoms with Gasteiger partial charge in [-0.25, -0.2) is 19.2 Å². The van der Waals surface area contributed by atoms with Gasteiger partial charge >= 0.3 is 24.0 Å². The van der Waals surface area contributed by atoms with Crippen molar-refractivity contribution in [2.45, 2.75) is 43.7 Å². The van der Waals surface area contributed by atoms with Crippen molar-refractivity contribution < 1.29 is 52.8 Å². The van der Waals surface area contributed by atoms with E-state index in [-0.39, 0.29) is 35.7 Å². The average molecular weight is 696 g/mol. The van der Waals surface area contributed by atoms with Gasteiger partial charge in [0, 0.05) is 36.7 Å². The van der Waals surface area contributed by atoms with Crippen molar-refractivity contribution in [3.8, 4) is 0 Å². The minimum absolute atomic E-state index is 0.0338. The molecule has 0 saturated carbocycles. The predicted molar refractivity (Wildman–Crippen MR) is 173 cm³/mol. The maximum atomic E-state index is 13.5. The van der Waals surface area contributed by atoms with E-state index in [9.17, 15) is 33.9 Å². The first kappa shape index (κ1) is 35.4. The van der Waals surface area contributed by atoms with E-state index < -0.39 is 78.8 Å². The van der Waals surface area contributed by atoms with Crippen LogP contribution >= 0.6 is 11.8 Å². The molecule has 0 unspecified atom stereocenters. The Labute approximate surface area is 286 Å². The number of aliphatic hydroxyl groups excluding tert-OH is 1. The third-order valence-corrected chi connectivity index (χ3v) is 10.1. The summed E-state index contributed by atoms with van der Waals surface area (Å²) in [6.07, 6.45) is -1.66. The van der Waals surface area contributed by atoms with Crippen LogP contribution in [0.1, 0.15) is 41.0 Å². The number of nitrogens with zero attached hydrogens (tertiary/aromatic N) is 3. The molecule has 6 atom stereocenters. The number of likely N-dealkylation sites (tertiary alicyclic amines) is 1. The normalized spacial score (nSPS) is 23.3. The van der Waals surface area contributed by atoms with Crippen molar-refractivity contribution in [1.82, 2.24) is 14.7 Å². The molecule has 3 aliphatic rings. The summed E-state index contributed by atoms with van der Waals surface area (Å²) in [5.74, 6) is -4.24. The molecule has 0 bridgehead atoms. The summed E-state index contributed by atoms with van der Waals surface area (Å²) in [5.41, 5.74) is 0.506. The Morgan fingerprint density at radius 2 is 1.41 bits per heavy atom. The van der Waals surface area contributed by atoms with Crippen LogP contribution in [0.5, 0.6) is 0 Å². The maximum Gasteiger partial charge on any atom is 0.413 e. The van der Waals surface area contributed by atoms with Gasteiger partial charge in [0.05, 0.1) is 29.2 Å². The largest absolute Gasteiger partial charge is 0.424 e. The second-order valence-corrected chi connectivity index (χ2v) is 13.4. The Morgan fingerprint density at radius 1 is 0.878 bits per heavy atom. The lowest BCUT2D eigenvalue weighted by molar-refractivity contribution is -0.166. The van der Waals surface area contributed by atoms with Crippen LogP contribution in [0, 0.1) is 11.8 Å². The number of ether oxygens (including phenoxy) is 4. The molecule has 49 heavy (non-hydrogen) atoms. The molecular formula is C34H37N3O11S. The van der Waals surface area contributed by atoms with E-state index in [0.717, 1.165) is 0 Å². The topological polar surface area (TPSA) is 169 Å². The number of aliphatic hydroxyl groups is 1. The highest BCUT2D eigenvalue weighted by Gasteiger charge is 2.60. The Hall–Kier alpha value is -4.89. The molecule has 3 aliphatic heterocycles. The standard InChI is InChI=1S/C34H37N3O11S/c1-19-26-25(20(2)38)30(40)37(26)27(33(43)47-17-45-31(41)21-11-7-5-8-12-21)28(19)49-23-15-24(29(39)35(3)4)36(16-23)34(44)48-18-46-32(42)22-13-9-6-10-14-22/h5-14,19-20,23-26,38H,15-18H2,1-4H3/t19-,20-,23+,24+,25-,26-/m1/s1. The molecule has 15 heteroatoms. The molecule has 0 aromatic heterocycles. The summed E-state index contributed by atoms with van der Waals surface area (Å²) in [6, 6.07) is 14.9. The minimum atomic E-state index is -0.973. The minimum Gasteiger partial charge on any atom is -0.424 e. The van der Waals surface area contributed by atoms with Gasteiger partial charge < -0.3 is 33.9 Å². The molecule has 2 aromatic rings. The van der Waals surface area contributed by atoms with Crippen LogP contribution in [0.4, 0.5) is 4.79 Å². The van der Waals surface area contributed by atoms with Crippen molar-refractivity contribution >= 4 is 47.6 Å². The zero-order valence-electron chi connectivity index (χ0n) is 27.3. The molecular weight excluding hydrogens is 658 g/mol. The fourth-order valence-electron chi connectivity index (χ4n) is 6.20. The summed E-state index contributed by atoms with van der Waals surface area (Å²) in [4.78, 5) is 82.0. The van der Waals surface area contributed by atoms with E-state index in [1.54, 1.807) is 74.8 Å². The van der Waals surface area contributed by atoms with E-state index in [1.807, 2.05) is 6.92 Å². The third kappa shape index (κ3) is 7.42. The zero-order chi connectivity index (χ0) is 35.4. The molecule has 260 valence electrons. The molecule has 0 radical (unpaired) electrons. The number of carbonyl (C=O) groups excluding carboxylic acids is 6. The monoisotopic (exact) mass is 695 g/mol. The lowest BCUT2D eigenvalue weighted by Crippen LogP contribution is -2.63.